The number of carbonyl (C=O) groups excluding carboxylic acids is 2. The third kappa shape index (κ3) is 6.38. The highest BCUT2D eigenvalue weighted by atomic mass is 32.2. The first-order valence-corrected chi connectivity index (χ1v) is 11.5. The first kappa shape index (κ1) is 24.8. The second-order valence-corrected chi connectivity index (χ2v) is 8.18. The van der Waals surface area contributed by atoms with E-state index in [2.05, 4.69) is 27.4 Å². The Kier molecular flexibility index (Phi) is 8.69. The number of thioether (sulfide) groups is 1. The van der Waals surface area contributed by atoms with Gasteiger partial charge < -0.3 is 24.7 Å². The van der Waals surface area contributed by atoms with Crippen molar-refractivity contribution < 1.29 is 19.1 Å². The van der Waals surface area contributed by atoms with Crippen LogP contribution in [0.2, 0.25) is 0 Å². The van der Waals surface area contributed by atoms with Crippen molar-refractivity contribution in [2.75, 3.05) is 25.3 Å². The molecule has 0 saturated carbocycles. The molecule has 0 bridgehead atoms. The zero-order valence-corrected chi connectivity index (χ0v) is 20.1. The summed E-state index contributed by atoms with van der Waals surface area (Å²) in [5, 5.41) is 14.8. The second kappa shape index (κ2) is 11.9. The van der Waals surface area contributed by atoms with Crippen molar-refractivity contribution in [3.63, 3.8) is 0 Å². The summed E-state index contributed by atoms with van der Waals surface area (Å²) in [5.74, 6) is 1.61. The zero-order chi connectivity index (χ0) is 24.5. The average Bonchev–Trinajstić information content (AvgIpc) is 3.25. The van der Waals surface area contributed by atoms with E-state index in [-0.39, 0.29) is 17.6 Å². The number of aromatic nitrogens is 3. The predicted octanol–water partition coefficient (Wildman–Crippen LogP) is 3.70. The number of hydrogen-bond acceptors (Lipinski definition) is 7. The van der Waals surface area contributed by atoms with Gasteiger partial charge in [0.2, 0.25) is 5.91 Å². The minimum atomic E-state index is -0.415. The molecule has 2 N–H and O–H groups in total. The lowest BCUT2D eigenvalue weighted by atomic mass is 10.2. The topological polar surface area (TPSA) is 107 Å². The highest BCUT2D eigenvalue weighted by Crippen LogP contribution is 2.22. The summed E-state index contributed by atoms with van der Waals surface area (Å²) in [5.41, 5.74) is 1.15. The maximum absolute atomic E-state index is 12.6. The molecule has 2 amide bonds. The van der Waals surface area contributed by atoms with Gasteiger partial charge in [-0.25, -0.2) is 0 Å². The molecule has 178 valence electrons. The Morgan fingerprint density at radius 2 is 1.85 bits per heavy atom. The number of amides is 2. The highest BCUT2D eigenvalue weighted by Gasteiger charge is 2.20. The van der Waals surface area contributed by atoms with Crippen LogP contribution in [0.3, 0.4) is 0 Å². The molecule has 2 aromatic carbocycles. The van der Waals surface area contributed by atoms with Crippen molar-refractivity contribution in [1.82, 2.24) is 20.1 Å². The van der Waals surface area contributed by atoms with Crippen molar-refractivity contribution in [2.45, 2.75) is 24.7 Å². The molecule has 0 saturated heterocycles. The third-order valence-corrected chi connectivity index (χ3v) is 5.80. The fourth-order valence-electron chi connectivity index (χ4n) is 3.14. The van der Waals surface area contributed by atoms with Gasteiger partial charge in [0.1, 0.15) is 11.5 Å². The molecule has 34 heavy (non-hydrogen) atoms. The SMILES string of the molecule is C=CCn1c(SCC(=O)Nc2cccc(OC)c2)nnc1C(C)NC(=O)c1ccc(OC)cc1. The van der Waals surface area contributed by atoms with Crippen LogP contribution in [-0.2, 0) is 11.3 Å². The minimum absolute atomic E-state index is 0.138. The summed E-state index contributed by atoms with van der Waals surface area (Å²) < 4.78 is 12.1. The molecule has 10 heteroatoms. The van der Waals surface area contributed by atoms with E-state index in [0.717, 1.165) is 0 Å². The zero-order valence-electron chi connectivity index (χ0n) is 19.3. The summed E-state index contributed by atoms with van der Waals surface area (Å²) >= 11 is 1.25. The highest BCUT2D eigenvalue weighted by molar-refractivity contribution is 7.99. The normalized spacial score (nSPS) is 11.4. The van der Waals surface area contributed by atoms with Crippen molar-refractivity contribution in [3.05, 3.63) is 72.6 Å². The van der Waals surface area contributed by atoms with E-state index in [9.17, 15) is 9.59 Å². The standard InChI is InChI=1S/C24H27N5O4S/c1-5-13-29-22(16(2)25-23(31)17-9-11-19(32-3)12-10-17)27-28-24(29)34-15-21(30)26-18-7-6-8-20(14-18)33-4/h5-12,14,16H,1,13,15H2,2-4H3,(H,25,31)(H,26,30). The first-order valence-electron chi connectivity index (χ1n) is 10.5. The summed E-state index contributed by atoms with van der Waals surface area (Å²) in [6, 6.07) is 13.6. The van der Waals surface area contributed by atoms with Crippen LogP contribution in [0, 0.1) is 0 Å². The van der Waals surface area contributed by atoms with Gasteiger partial charge in [-0.15, -0.1) is 16.8 Å². The molecule has 0 radical (unpaired) electrons. The molecular formula is C24H27N5O4S. The van der Waals surface area contributed by atoms with Crippen LogP contribution < -0.4 is 20.1 Å². The number of rotatable bonds is 11. The number of nitrogens with zero attached hydrogens (tertiary/aromatic N) is 3. The molecule has 0 aliphatic heterocycles. The van der Waals surface area contributed by atoms with Crippen molar-refractivity contribution in [1.29, 1.82) is 0 Å². The van der Waals surface area contributed by atoms with Gasteiger partial charge in [-0.05, 0) is 43.3 Å². The molecule has 3 rings (SSSR count). The maximum Gasteiger partial charge on any atom is 0.251 e. The number of benzene rings is 2. The van der Waals surface area contributed by atoms with Crippen LogP contribution in [-0.4, -0.2) is 46.6 Å². The average molecular weight is 482 g/mol. The molecule has 0 spiro atoms. The summed E-state index contributed by atoms with van der Waals surface area (Å²) in [6.45, 7) is 6.06. The molecular weight excluding hydrogens is 454 g/mol. The Morgan fingerprint density at radius 3 is 2.53 bits per heavy atom. The molecule has 0 aliphatic carbocycles. The summed E-state index contributed by atoms with van der Waals surface area (Å²) in [4.78, 5) is 25.1. The monoisotopic (exact) mass is 481 g/mol. The van der Waals surface area contributed by atoms with Crippen LogP contribution in [0.1, 0.15) is 29.1 Å². The lowest BCUT2D eigenvalue weighted by Crippen LogP contribution is -2.28. The fourth-order valence-corrected chi connectivity index (χ4v) is 3.90. The molecule has 0 aliphatic rings. The van der Waals surface area contributed by atoms with Gasteiger partial charge >= 0.3 is 0 Å². The van der Waals surface area contributed by atoms with Crippen molar-refractivity contribution >= 4 is 29.3 Å². The van der Waals surface area contributed by atoms with Gasteiger partial charge in [0.15, 0.2) is 11.0 Å². The quantitative estimate of drug-likeness (QED) is 0.318. The number of methoxy groups -OCH3 is 2. The Bertz CT molecular complexity index is 1150. The van der Waals surface area contributed by atoms with Crippen LogP contribution in [0.4, 0.5) is 5.69 Å². The minimum Gasteiger partial charge on any atom is -0.497 e. The molecule has 3 aromatic rings. The van der Waals surface area contributed by atoms with Crippen LogP contribution >= 0.6 is 11.8 Å². The lowest BCUT2D eigenvalue weighted by molar-refractivity contribution is -0.113. The predicted molar refractivity (Wildman–Crippen MR) is 131 cm³/mol. The van der Waals surface area contributed by atoms with E-state index in [1.54, 1.807) is 68.8 Å². The van der Waals surface area contributed by atoms with Gasteiger partial charge in [0.05, 0.1) is 26.0 Å². The maximum atomic E-state index is 12.6. The first-order chi connectivity index (χ1) is 16.4. The van der Waals surface area contributed by atoms with E-state index in [1.165, 1.54) is 11.8 Å². The third-order valence-electron chi connectivity index (χ3n) is 4.83. The molecule has 1 heterocycles. The van der Waals surface area contributed by atoms with Crippen LogP contribution in [0.5, 0.6) is 11.5 Å². The van der Waals surface area contributed by atoms with Gasteiger partial charge in [0, 0.05) is 23.9 Å². The Balaban J connectivity index is 1.64. The van der Waals surface area contributed by atoms with E-state index in [4.69, 9.17) is 9.47 Å². The van der Waals surface area contributed by atoms with Crippen LogP contribution in [0.25, 0.3) is 0 Å². The summed E-state index contributed by atoms with van der Waals surface area (Å²) in [7, 11) is 3.14. The van der Waals surface area contributed by atoms with E-state index < -0.39 is 6.04 Å². The molecule has 1 aromatic heterocycles. The molecule has 9 nitrogen and oxygen atoms in total. The largest absolute Gasteiger partial charge is 0.497 e. The lowest BCUT2D eigenvalue weighted by Gasteiger charge is -2.15. The molecule has 1 atom stereocenters. The summed E-state index contributed by atoms with van der Waals surface area (Å²) in [6.07, 6.45) is 1.71. The number of allylic oxidation sites excluding steroid dienone is 1. The Morgan fingerprint density at radius 1 is 1.12 bits per heavy atom. The van der Waals surface area contributed by atoms with Gasteiger partial charge in [0.25, 0.3) is 5.91 Å². The van der Waals surface area contributed by atoms with E-state index >= 15 is 0 Å². The van der Waals surface area contributed by atoms with Crippen LogP contribution in [0.15, 0.2) is 66.3 Å². The van der Waals surface area contributed by atoms with E-state index in [0.29, 0.717) is 40.3 Å². The Labute approximate surface area is 202 Å². The van der Waals surface area contributed by atoms with E-state index in [1.807, 2.05) is 11.5 Å². The van der Waals surface area contributed by atoms with Crippen molar-refractivity contribution in [2.24, 2.45) is 0 Å². The van der Waals surface area contributed by atoms with Gasteiger partial charge in [-0.1, -0.05) is 23.9 Å². The molecule has 0 fully saturated rings. The van der Waals surface area contributed by atoms with Gasteiger partial charge in [-0.3, -0.25) is 9.59 Å². The number of hydrogen-bond donors (Lipinski definition) is 2. The number of anilines is 1. The molecule has 1 unspecified atom stereocenters. The number of carbonyl (C=O) groups is 2. The number of nitrogens with one attached hydrogen (secondary N) is 2. The van der Waals surface area contributed by atoms with Gasteiger partial charge in [-0.2, -0.15) is 0 Å². The fraction of sp³-hybridized carbons (Fsp3) is 0.250. The smallest absolute Gasteiger partial charge is 0.251 e. The second-order valence-electron chi connectivity index (χ2n) is 7.23. The number of ether oxygens (including phenoxy) is 2. The van der Waals surface area contributed by atoms with Crippen molar-refractivity contribution in [3.8, 4) is 11.5 Å². The Hall–Kier alpha value is -3.79.